The summed E-state index contributed by atoms with van der Waals surface area (Å²) in [7, 11) is 0. The summed E-state index contributed by atoms with van der Waals surface area (Å²) < 4.78 is 0. The number of rotatable bonds is 5. The molecule has 2 aromatic carbocycles. The number of nitrogens with zero attached hydrogens (tertiary/aromatic N) is 2. The van der Waals surface area contributed by atoms with Crippen molar-refractivity contribution in [1.29, 1.82) is 0 Å². The Bertz CT molecular complexity index is 796. The van der Waals surface area contributed by atoms with Gasteiger partial charge in [-0.25, -0.2) is 0 Å². The van der Waals surface area contributed by atoms with Crippen LogP contribution in [0.4, 0.5) is 17.1 Å². The Morgan fingerprint density at radius 1 is 0.963 bits per heavy atom. The average Bonchev–Trinajstić information content (AvgIpc) is 2.67. The van der Waals surface area contributed by atoms with Crippen molar-refractivity contribution in [3.8, 4) is 0 Å². The van der Waals surface area contributed by atoms with E-state index < -0.39 is 0 Å². The molecule has 0 aliphatic carbocycles. The largest absolute Gasteiger partial charge is 0.376 e. The van der Waals surface area contributed by atoms with Gasteiger partial charge in [0.15, 0.2) is 0 Å². The third-order valence-electron chi connectivity index (χ3n) is 4.65. The number of amides is 2. The third-order valence-corrected chi connectivity index (χ3v) is 4.65. The zero-order valence-corrected chi connectivity index (χ0v) is 15.9. The summed E-state index contributed by atoms with van der Waals surface area (Å²) in [4.78, 5) is 27.7. The molecule has 0 spiro atoms. The molecule has 0 unspecified atom stereocenters. The maximum Gasteiger partial charge on any atom is 0.241 e. The van der Waals surface area contributed by atoms with Crippen molar-refractivity contribution in [2.24, 2.45) is 0 Å². The quantitative estimate of drug-likeness (QED) is 0.854. The fourth-order valence-electron chi connectivity index (χ4n) is 3.20. The summed E-state index contributed by atoms with van der Waals surface area (Å²) in [5.41, 5.74) is 4.07. The molecule has 1 fully saturated rings. The van der Waals surface area contributed by atoms with E-state index in [2.05, 4.69) is 46.7 Å². The minimum atomic E-state index is -0.101. The Kier molecular flexibility index (Phi) is 5.96. The maximum absolute atomic E-state index is 12.5. The van der Waals surface area contributed by atoms with E-state index in [1.54, 1.807) is 0 Å². The lowest BCUT2D eigenvalue weighted by atomic mass is 10.2. The first-order valence-corrected chi connectivity index (χ1v) is 9.22. The van der Waals surface area contributed by atoms with Crippen molar-refractivity contribution >= 4 is 28.9 Å². The van der Waals surface area contributed by atoms with Gasteiger partial charge in [0.25, 0.3) is 0 Å². The number of carbonyl (C=O) groups excluding carboxylic acids is 2. The van der Waals surface area contributed by atoms with E-state index in [9.17, 15) is 9.59 Å². The van der Waals surface area contributed by atoms with Crippen molar-refractivity contribution < 1.29 is 9.59 Å². The van der Waals surface area contributed by atoms with E-state index in [0.29, 0.717) is 0 Å². The van der Waals surface area contributed by atoms with Crippen LogP contribution in [0.3, 0.4) is 0 Å². The summed E-state index contributed by atoms with van der Waals surface area (Å²) in [5.74, 6) is 0.000484. The Labute approximate surface area is 160 Å². The summed E-state index contributed by atoms with van der Waals surface area (Å²) in [6.45, 7) is 7.00. The molecule has 6 heteroatoms. The van der Waals surface area contributed by atoms with Crippen LogP contribution in [0.25, 0.3) is 0 Å². The molecule has 0 radical (unpaired) electrons. The molecule has 1 aliphatic heterocycles. The number of carbonyl (C=O) groups is 2. The highest BCUT2D eigenvalue weighted by Crippen LogP contribution is 2.18. The predicted molar refractivity (Wildman–Crippen MR) is 109 cm³/mol. The lowest BCUT2D eigenvalue weighted by molar-refractivity contribution is -0.129. The summed E-state index contributed by atoms with van der Waals surface area (Å²) >= 11 is 0. The Hall–Kier alpha value is -3.02. The summed E-state index contributed by atoms with van der Waals surface area (Å²) in [5, 5.41) is 5.88. The van der Waals surface area contributed by atoms with Gasteiger partial charge >= 0.3 is 0 Å². The Balaban J connectivity index is 1.46. The summed E-state index contributed by atoms with van der Waals surface area (Å²) in [6, 6.07) is 15.8. The number of benzene rings is 2. The van der Waals surface area contributed by atoms with Crippen LogP contribution in [0, 0.1) is 6.92 Å². The minimum absolute atomic E-state index is 0.101. The molecule has 0 atom stereocenters. The van der Waals surface area contributed by atoms with Crippen LogP contribution in [-0.4, -0.2) is 49.4 Å². The molecule has 0 bridgehead atoms. The fourth-order valence-corrected chi connectivity index (χ4v) is 3.20. The van der Waals surface area contributed by atoms with Gasteiger partial charge in [-0.15, -0.1) is 0 Å². The molecule has 3 rings (SSSR count). The van der Waals surface area contributed by atoms with Gasteiger partial charge < -0.3 is 20.4 Å². The second-order valence-corrected chi connectivity index (χ2v) is 6.82. The smallest absolute Gasteiger partial charge is 0.241 e. The van der Waals surface area contributed by atoms with Crippen LogP contribution in [-0.2, 0) is 9.59 Å². The Morgan fingerprint density at radius 3 is 2.26 bits per heavy atom. The SMILES string of the molecule is CC(=O)Nc1ccc(NCC(=O)N2CCN(c3cccc(C)c3)CC2)cc1. The third kappa shape index (κ3) is 5.23. The van der Waals surface area contributed by atoms with E-state index >= 15 is 0 Å². The Morgan fingerprint density at radius 2 is 1.63 bits per heavy atom. The number of hydrogen-bond donors (Lipinski definition) is 2. The molecular formula is C21H26N4O2. The van der Waals surface area contributed by atoms with Gasteiger partial charge in [0, 0.05) is 50.2 Å². The number of nitrogens with one attached hydrogen (secondary N) is 2. The zero-order valence-electron chi connectivity index (χ0n) is 15.9. The molecular weight excluding hydrogens is 340 g/mol. The van der Waals surface area contributed by atoms with Crippen molar-refractivity contribution in [3.05, 3.63) is 54.1 Å². The molecule has 1 heterocycles. The molecule has 1 aliphatic rings. The fraction of sp³-hybridized carbons (Fsp3) is 0.333. The van der Waals surface area contributed by atoms with Crippen LogP contribution >= 0.6 is 0 Å². The first-order chi connectivity index (χ1) is 13.0. The van der Waals surface area contributed by atoms with Crippen molar-refractivity contribution in [1.82, 2.24) is 4.90 Å². The van der Waals surface area contributed by atoms with Gasteiger partial charge in [-0.1, -0.05) is 12.1 Å². The van der Waals surface area contributed by atoms with Gasteiger partial charge in [0.2, 0.25) is 11.8 Å². The molecule has 2 amide bonds. The van der Waals surface area contributed by atoms with E-state index in [-0.39, 0.29) is 18.4 Å². The van der Waals surface area contributed by atoms with Gasteiger partial charge in [-0.3, -0.25) is 9.59 Å². The molecule has 2 aromatic rings. The normalized spacial score (nSPS) is 14.0. The van der Waals surface area contributed by atoms with Crippen LogP contribution < -0.4 is 15.5 Å². The molecule has 2 N–H and O–H groups in total. The van der Waals surface area contributed by atoms with Crippen molar-refractivity contribution in [3.63, 3.8) is 0 Å². The van der Waals surface area contributed by atoms with E-state index in [4.69, 9.17) is 0 Å². The van der Waals surface area contributed by atoms with Crippen LogP contribution in [0.1, 0.15) is 12.5 Å². The van der Waals surface area contributed by atoms with Gasteiger partial charge in [-0.05, 0) is 48.9 Å². The second-order valence-electron chi connectivity index (χ2n) is 6.82. The highest BCUT2D eigenvalue weighted by Gasteiger charge is 2.21. The lowest BCUT2D eigenvalue weighted by Crippen LogP contribution is -2.50. The second kappa shape index (κ2) is 8.58. The number of anilines is 3. The van der Waals surface area contributed by atoms with E-state index in [1.807, 2.05) is 29.2 Å². The van der Waals surface area contributed by atoms with Crippen molar-refractivity contribution in [2.75, 3.05) is 48.3 Å². The first kappa shape index (κ1) is 18.8. The van der Waals surface area contributed by atoms with Gasteiger partial charge in [0.1, 0.15) is 0 Å². The molecule has 27 heavy (non-hydrogen) atoms. The molecule has 6 nitrogen and oxygen atoms in total. The molecule has 142 valence electrons. The number of hydrogen-bond acceptors (Lipinski definition) is 4. The zero-order chi connectivity index (χ0) is 19.2. The predicted octanol–water partition coefficient (Wildman–Crippen LogP) is 2.71. The van der Waals surface area contributed by atoms with Crippen LogP contribution in [0.5, 0.6) is 0 Å². The standard InChI is InChI=1S/C21H26N4O2/c1-16-4-3-5-20(14-16)24-10-12-25(13-11-24)21(27)15-22-18-6-8-19(9-7-18)23-17(2)26/h3-9,14,22H,10-13,15H2,1-2H3,(H,23,26). The van der Waals surface area contributed by atoms with Crippen LogP contribution in [0.15, 0.2) is 48.5 Å². The average molecular weight is 366 g/mol. The van der Waals surface area contributed by atoms with Crippen molar-refractivity contribution in [2.45, 2.75) is 13.8 Å². The first-order valence-electron chi connectivity index (χ1n) is 9.22. The summed E-state index contributed by atoms with van der Waals surface area (Å²) in [6.07, 6.45) is 0. The van der Waals surface area contributed by atoms with Crippen LogP contribution in [0.2, 0.25) is 0 Å². The van der Waals surface area contributed by atoms with Gasteiger partial charge in [0.05, 0.1) is 6.54 Å². The lowest BCUT2D eigenvalue weighted by Gasteiger charge is -2.36. The van der Waals surface area contributed by atoms with E-state index in [1.165, 1.54) is 18.2 Å². The maximum atomic E-state index is 12.5. The topological polar surface area (TPSA) is 64.7 Å². The molecule has 1 saturated heterocycles. The highest BCUT2D eigenvalue weighted by molar-refractivity contribution is 5.89. The minimum Gasteiger partial charge on any atom is -0.376 e. The van der Waals surface area contributed by atoms with Gasteiger partial charge in [-0.2, -0.15) is 0 Å². The molecule has 0 aromatic heterocycles. The highest BCUT2D eigenvalue weighted by atomic mass is 16.2. The van der Waals surface area contributed by atoms with E-state index in [0.717, 1.165) is 37.6 Å². The monoisotopic (exact) mass is 366 g/mol. The number of aryl methyl sites for hydroxylation is 1. The molecule has 0 saturated carbocycles. The number of piperazine rings is 1.